The molecule has 0 bridgehead atoms. The molecule has 3 atom stereocenters. The number of hydrogen-bond donors (Lipinski definition) is 1. The lowest BCUT2D eigenvalue weighted by molar-refractivity contribution is -0.384. The summed E-state index contributed by atoms with van der Waals surface area (Å²) in [5.41, 5.74) is -0.0574. The quantitative estimate of drug-likeness (QED) is 0.374. The van der Waals surface area contributed by atoms with E-state index in [-0.39, 0.29) is 23.7 Å². The smallest absolute Gasteiger partial charge is 0.269 e. The Labute approximate surface area is 188 Å². The molecular formula is C24H19FN4O4. The average Bonchev–Trinajstić information content (AvgIpc) is 3.29. The Bertz CT molecular complexity index is 1300. The first-order chi connectivity index (χ1) is 15.8. The van der Waals surface area contributed by atoms with Crippen molar-refractivity contribution in [2.45, 2.75) is 11.5 Å². The number of carbonyl (C=O) groups excluding carboxylic acids is 2. The summed E-state index contributed by atoms with van der Waals surface area (Å²) >= 11 is 0. The van der Waals surface area contributed by atoms with E-state index in [9.17, 15) is 24.1 Å². The SMILES string of the molecule is CN1C[C@@H](c2cccc([N+](=O)[O-])c2)[C@H](C(=O)c2ccccn2)[C@]12C(=O)Nc1ccc(F)cc12. The fourth-order valence-corrected chi connectivity index (χ4v) is 5.25. The van der Waals surface area contributed by atoms with Gasteiger partial charge in [0.2, 0.25) is 5.91 Å². The van der Waals surface area contributed by atoms with Gasteiger partial charge in [0.25, 0.3) is 5.69 Å². The van der Waals surface area contributed by atoms with Crippen LogP contribution in [0.5, 0.6) is 0 Å². The van der Waals surface area contributed by atoms with Crippen LogP contribution in [-0.2, 0) is 10.3 Å². The molecule has 1 amide bonds. The molecular weight excluding hydrogens is 427 g/mol. The van der Waals surface area contributed by atoms with Gasteiger partial charge in [0.15, 0.2) is 5.78 Å². The lowest BCUT2D eigenvalue weighted by Gasteiger charge is -2.35. The molecule has 1 fully saturated rings. The molecule has 0 aliphatic carbocycles. The molecule has 9 heteroatoms. The van der Waals surface area contributed by atoms with Crippen LogP contribution in [0.4, 0.5) is 15.8 Å². The number of anilines is 1. The molecule has 2 aromatic carbocycles. The zero-order valence-electron chi connectivity index (χ0n) is 17.6. The predicted octanol–water partition coefficient (Wildman–Crippen LogP) is 3.50. The first-order valence-electron chi connectivity index (χ1n) is 10.4. The number of amides is 1. The van der Waals surface area contributed by atoms with Crippen molar-refractivity contribution in [2.75, 3.05) is 18.9 Å². The number of likely N-dealkylation sites (N-methyl/N-ethyl adjacent to an activating group) is 1. The van der Waals surface area contributed by atoms with Crippen LogP contribution in [-0.4, -0.2) is 40.1 Å². The Balaban J connectivity index is 1.74. The number of likely N-dealkylation sites (tertiary alicyclic amines) is 1. The van der Waals surface area contributed by atoms with Gasteiger partial charge in [-0.3, -0.25) is 29.6 Å². The summed E-state index contributed by atoms with van der Waals surface area (Å²) in [5.74, 6) is -2.90. The van der Waals surface area contributed by atoms with E-state index in [0.717, 1.165) is 0 Å². The number of nitrogens with zero attached hydrogens (tertiary/aromatic N) is 3. The van der Waals surface area contributed by atoms with Crippen LogP contribution in [0.3, 0.4) is 0 Å². The summed E-state index contributed by atoms with van der Waals surface area (Å²) in [7, 11) is 1.70. The van der Waals surface area contributed by atoms with Gasteiger partial charge in [-0.05, 0) is 42.9 Å². The summed E-state index contributed by atoms with van der Waals surface area (Å²) in [4.78, 5) is 44.2. The van der Waals surface area contributed by atoms with Gasteiger partial charge >= 0.3 is 0 Å². The van der Waals surface area contributed by atoms with Crippen LogP contribution in [0.1, 0.15) is 27.5 Å². The van der Waals surface area contributed by atoms with E-state index < -0.39 is 34.0 Å². The normalized spacial score (nSPS) is 24.0. The van der Waals surface area contributed by atoms with Crippen LogP contribution < -0.4 is 5.32 Å². The number of hydrogen-bond acceptors (Lipinski definition) is 6. The van der Waals surface area contributed by atoms with Gasteiger partial charge in [0.05, 0.1) is 10.8 Å². The second-order valence-corrected chi connectivity index (χ2v) is 8.31. The van der Waals surface area contributed by atoms with Crippen molar-refractivity contribution in [1.29, 1.82) is 0 Å². The van der Waals surface area contributed by atoms with E-state index in [2.05, 4.69) is 10.3 Å². The van der Waals surface area contributed by atoms with Crippen molar-refractivity contribution in [3.05, 3.63) is 99.6 Å². The van der Waals surface area contributed by atoms with Crippen molar-refractivity contribution < 1.29 is 18.9 Å². The van der Waals surface area contributed by atoms with Crippen molar-refractivity contribution in [3.8, 4) is 0 Å². The fourth-order valence-electron chi connectivity index (χ4n) is 5.25. The number of carbonyl (C=O) groups is 2. The molecule has 33 heavy (non-hydrogen) atoms. The highest BCUT2D eigenvalue weighted by molar-refractivity contribution is 6.11. The van der Waals surface area contributed by atoms with E-state index >= 15 is 0 Å². The van der Waals surface area contributed by atoms with Gasteiger partial charge < -0.3 is 5.32 Å². The fraction of sp³-hybridized carbons (Fsp3) is 0.208. The third-order valence-electron chi connectivity index (χ3n) is 6.62. The number of pyridine rings is 1. The number of halogens is 1. The topological polar surface area (TPSA) is 105 Å². The van der Waals surface area contributed by atoms with Crippen molar-refractivity contribution >= 4 is 23.1 Å². The van der Waals surface area contributed by atoms with Gasteiger partial charge in [0.1, 0.15) is 17.1 Å². The summed E-state index contributed by atoms with van der Waals surface area (Å²) in [6.45, 7) is 0.258. The predicted molar refractivity (Wildman–Crippen MR) is 117 cm³/mol. The molecule has 1 spiro atoms. The van der Waals surface area contributed by atoms with Crippen LogP contribution in [0, 0.1) is 21.8 Å². The summed E-state index contributed by atoms with van der Waals surface area (Å²) < 4.78 is 14.3. The Morgan fingerprint density at radius 1 is 1.21 bits per heavy atom. The largest absolute Gasteiger partial charge is 0.324 e. The second-order valence-electron chi connectivity index (χ2n) is 8.31. The Morgan fingerprint density at radius 3 is 2.76 bits per heavy atom. The van der Waals surface area contributed by atoms with Crippen LogP contribution in [0.2, 0.25) is 0 Å². The van der Waals surface area contributed by atoms with Gasteiger partial charge in [-0.15, -0.1) is 0 Å². The third kappa shape index (κ3) is 3.04. The molecule has 1 aromatic heterocycles. The van der Waals surface area contributed by atoms with Crippen LogP contribution >= 0.6 is 0 Å². The lowest BCUT2D eigenvalue weighted by atomic mass is 9.71. The number of benzene rings is 2. The van der Waals surface area contributed by atoms with Gasteiger partial charge in [-0.2, -0.15) is 0 Å². The molecule has 2 aliphatic rings. The molecule has 8 nitrogen and oxygen atoms in total. The van der Waals surface area contributed by atoms with E-state index in [4.69, 9.17) is 0 Å². The number of nitro benzene ring substituents is 1. The van der Waals surface area contributed by atoms with Crippen molar-refractivity contribution in [2.24, 2.45) is 5.92 Å². The van der Waals surface area contributed by atoms with Gasteiger partial charge in [0, 0.05) is 42.0 Å². The molecule has 5 rings (SSSR count). The zero-order valence-corrected chi connectivity index (χ0v) is 17.6. The molecule has 0 saturated carbocycles. The molecule has 0 unspecified atom stereocenters. The minimum absolute atomic E-state index is 0.109. The zero-order chi connectivity index (χ0) is 23.3. The standard InChI is InChI=1S/C24H19FN4O4/c1-28-13-17(14-5-4-6-16(11-14)29(32)33)21(22(30)20-7-2-3-10-26-20)24(28)18-12-15(25)8-9-19(18)27-23(24)31/h2-12,17,21H,13H2,1H3,(H,27,31)/t17-,21+,24+/m0/s1. The molecule has 0 radical (unpaired) electrons. The van der Waals surface area contributed by atoms with Crippen molar-refractivity contribution in [1.82, 2.24) is 9.88 Å². The number of nitrogens with one attached hydrogen (secondary N) is 1. The highest BCUT2D eigenvalue weighted by atomic mass is 19.1. The highest BCUT2D eigenvalue weighted by Crippen LogP contribution is 2.55. The van der Waals surface area contributed by atoms with Crippen LogP contribution in [0.15, 0.2) is 66.9 Å². The summed E-state index contributed by atoms with van der Waals surface area (Å²) in [5, 5.41) is 14.2. The van der Waals surface area contributed by atoms with Gasteiger partial charge in [-0.25, -0.2) is 4.39 Å². The number of fused-ring (bicyclic) bond motifs is 2. The first kappa shape index (κ1) is 20.9. The molecule has 3 heterocycles. The minimum atomic E-state index is -1.48. The third-order valence-corrected chi connectivity index (χ3v) is 6.62. The Kier molecular flexibility index (Phi) is 4.79. The number of aromatic nitrogens is 1. The van der Waals surface area contributed by atoms with E-state index in [1.165, 1.54) is 36.5 Å². The maximum absolute atomic E-state index is 14.3. The van der Waals surface area contributed by atoms with Gasteiger partial charge in [-0.1, -0.05) is 18.2 Å². The number of Topliss-reactive ketones (excluding diaryl/α,β-unsaturated/α-hetero) is 1. The maximum Gasteiger partial charge on any atom is 0.269 e. The molecule has 166 valence electrons. The average molecular weight is 446 g/mol. The second kappa shape index (κ2) is 7.56. The number of ketones is 1. The monoisotopic (exact) mass is 446 g/mol. The number of rotatable bonds is 4. The molecule has 1 saturated heterocycles. The Morgan fingerprint density at radius 2 is 2.03 bits per heavy atom. The van der Waals surface area contributed by atoms with Crippen LogP contribution in [0.25, 0.3) is 0 Å². The lowest BCUT2D eigenvalue weighted by Crippen LogP contribution is -2.51. The number of non-ortho nitro benzene ring substituents is 1. The summed E-state index contributed by atoms with van der Waals surface area (Å²) in [6, 6.07) is 15.0. The summed E-state index contributed by atoms with van der Waals surface area (Å²) in [6.07, 6.45) is 1.49. The van der Waals surface area contributed by atoms with Crippen molar-refractivity contribution in [3.63, 3.8) is 0 Å². The molecule has 1 N–H and O–H groups in total. The first-order valence-corrected chi connectivity index (χ1v) is 10.4. The van der Waals surface area contributed by atoms with E-state index in [1.54, 1.807) is 42.3 Å². The minimum Gasteiger partial charge on any atom is -0.324 e. The molecule has 2 aliphatic heterocycles. The maximum atomic E-state index is 14.3. The molecule has 3 aromatic rings. The van der Waals surface area contributed by atoms with E-state index in [1.807, 2.05) is 0 Å². The number of nitro groups is 1. The highest BCUT2D eigenvalue weighted by Gasteiger charge is 2.64. The van der Waals surface area contributed by atoms with E-state index in [0.29, 0.717) is 16.8 Å². The Hall–Kier alpha value is -3.98.